The van der Waals surface area contributed by atoms with E-state index in [1.165, 1.54) is 6.20 Å². The van der Waals surface area contributed by atoms with Crippen molar-refractivity contribution in [1.82, 2.24) is 20.1 Å². The largest absolute Gasteiger partial charge is 0.446 e. The zero-order valence-corrected chi connectivity index (χ0v) is 20.9. The highest BCUT2D eigenvalue weighted by Crippen LogP contribution is 2.37. The normalized spacial score (nSPS) is 18.9. The van der Waals surface area contributed by atoms with Gasteiger partial charge in [-0.3, -0.25) is 4.72 Å². The summed E-state index contributed by atoms with van der Waals surface area (Å²) in [5.41, 5.74) is 1.06. The van der Waals surface area contributed by atoms with Gasteiger partial charge >= 0.3 is 6.09 Å². The Morgan fingerprint density at radius 1 is 1.24 bits per heavy atom. The molecule has 1 aliphatic rings. The number of carbonyl (C=O) groups is 1. The molecule has 0 bridgehead atoms. The lowest BCUT2D eigenvalue weighted by Crippen LogP contribution is -2.33. The van der Waals surface area contributed by atoms with Gasteiger partial charge in [0.05, 0.1) is 29.4 Å². The topological polar surface area (TPSA) is 127 Å². The summed E-state index contributed by atoms with van der Waals surface area (Å²) in [6.07, 6.45) is 4.49. The number of hydrogen-bond acceptors (Lipinski definition) is 7. The van der Waals surface area contributed by atoms with Gasteiger partial charge in [-0.1, -0.05) is 0 Å². The minimum absolute atomic E-state index is 0.0376. The Balaban J connectivity index is 1.73. The van der Waals surface area contributed by atoms with Crippen molar-refractivity contribution >= 4 is 33.4 Å². The van der Waals surface area contributed by atoms with Gasteiger partial charge in [0, 0.05) is 18.0 Å². The molecule has 0 aromatic carbocycles. The molecule has 1 fully saturated rings. The van der Waals surface area contributed by atoms with Gasteiger partial charge in [0.1, 0.15) is 17.7 Å². The first-order chi connectivity index (χ1) is 15.3. The van der Waals surface area contributed by atoms with Crippen LogP contribution in [-0.4, -0.2) is 47.7 Å². The second-order valence-electron chi connectivity index (χ2n) is 9.80. The number of pyridine rings is 1. The molecule has 0 aliphatic heterocycles. The van der Waals surface area contributed by atoms with Gasteiger partial charge in [0.2, 0.25) is 10.0 Å². The first-order valence-corrected chi connectivity index (χ1v) is 13.0. The van der Waals surface area contributed by atoms with Crippen molar-refractivity contribution in [2.75, 3.05) is 16.3 Å². The molecule has 1 aliphatic carbocycles. The van der Waals surface area contributed by atoms with Crippen LogP contribution in [-0.2, 0) is 20.3 Å². The lowest BCUT2D eigenvalue weighted by atomic mass is 10.0. The van der Waals surface area contributed by atoms with Gasteiger partial charge < -0.3 is 15.4 Å². The summed E-state index contributed by atoms with van der Waals surface area (Å²) in [7, 11) is -3.36. The molecule has 1 saturated carbocycles. The average molecular weight is 479 g/mol. The van der Waals surface area contributed by atoms with Gasteiger partial charge in [-0.15, -0.1) is 0 Å². The number of anilines is 3. The Morgan fingerprint density at radius 3 is 2.55 bits per heavy atom. The Labute approximate surface area is 195 Å². The fourth-order valence-corrected chi connectivity index (χ4v) is 4.36. The van der Waals surface area contributed by atoms with Crippen molar-refractivity contribution in [3.05, 3.63) is 30.1 Å². The van der Waals surface area contributed by atoms with Crippen molar-refractivity contribution in [2.24, 2.45) is 0 Å². The number of amides is 1. The number of sulfonamides is 1. The van der Waals surface area contributed by atoms with Gasteiger partial charge in [0.25, 0.3) is 0 Å². The van der Waals surface area contributed by atoms with Crippen LogP contribution < -0.4 is 15.4 Å². The highest BCUT2D eigenvalue weighted by Gasteiger charge is 2.32. The van der Waals surface area contributed by atoms with Gasteiger partial charge in [-0.05, 0) is 66.0 Å². The number of hydrogen-bond donors (Lipinski definition) is 3. The monoisotopic (exact) mass is 478 g/mol. The van der Waals surface area contributed by atoms with E-state index in [4.69, 9.17) is 9.84 Å². The van der Waals surface area contributed by atoms with Crippen molar-refractivity contribution in [1.29, 1.82) is 0 Å². The predicted octanol–water partition coefficient (Wildman–Crippen LogP) is 3.92. The smallest absolute Gasteiger partial charge is 0.407 e. The maximum Gasteiger partial charge on any atom is 0.407 e. The first kappa shape index (κ1) is 24.8. The van der Waals surface area contributed by atoms with E-state index in [0.29, 0.717) is 11.5 Å². The number of ether oxygens (including phenoxy) is 1. The van der Waals surface area contributed by atoms with Crippen LogP contribution in [0.25, 0.3) is 0 Å². The molecular weight excluding hydrogens is 444 g/mol. The van der Waals surface area contributed by atoms with Crippen LogP contribution in [0.2, 0.25) is 0 Å². The van der Waals surface area contributed by atoms with E-state index in [9.17, 15) is 13.2 Å². The van der Waals surface area contributed by atoms with E-state index in [0.717, 1.165) is 37.0 Å². The molecule has 2 aromatic rings. The third-order valence-corrected chi connectivity index (χ3v) is 5.78. The summed E-state index contributed by atoms with van der Waals surface area (Å²) in [5.74, 6) is 1.56. The first-order valence-electron chi connectivity index (χ1n) is 11.1. The molecule has 11 heteroatoms. The zero-order valence-electron chi connectivity index (χ0n) is 20.0. The molecule has 2 atom stereocenters. The summed E-state index contributed by atoms with van der Waals surface area (Å²) in [5, 5.41) is 10.9. The van der Waals surface area contributed by atoms with Crippen LogP contribution in [0.4, 0.5) is 22.1 Å². The van der Waals surface area contributed by atoms with Crippen molar-refractivity contribution in [3.63, 3.8) is 0 Å². The molecule has 0 radical (unpaired) electrons. The SMILES string of the molecule is CC(C)NC(=O)O[C@@H]1CC[C@H](c2cc(Nc3ccc(NS(C)(=O)=O)cn3)n(C(C)(C)C)n2)C1. The number of rotatable bonds is 7. The Morgan fingerprint density at radius 2 is 1.97 bits per heavy atom. The van der Waals surface area contributed by atoms with Crippen LogP contribution in [0.1, 0.15) is 65.5 Å². The molecule has 2 aromatic heterocycles. The van der Waals surface area contributed by atoms with E-state index >= 15 is 0 Å². The van der Waals surface area contributed by atoms with Crippen LogP contribution in [0, 0.1) is 0 Å². The minimum atomic E-state index is -3.36. The third-order valence-electron chi connectivity index (χ3n) is 5.17. The summed E-state index contributed by atoms with van der Waals surface area (Å²) in [6.45, 7) is 10.0. The van der Waals surface area contributed by atoms with E-state index < -0.39 is 10.0 Å². The Bertz CT molecular complexity index is 1070. The molecule has 2 heterocycles. The molecule has 182 valence electrons. The molecule has 0 saturated heterocycles. The average Bonchev–Trinajstić information content (AvgIpc) is 3.28. The summed E-state index contributed by atoms with van der Waals surface area (Å²) < 4.78 is 32.7. The van der Waals surface area contributed by atoms with Crippen molar-refractivity contribution in [3.8, 4) is 0 Å². The Hall–Kier alpha value is -2.82. The quantitative estimate of drug-likeness (QED) is 0.550. The molecule has 0 unspecified atom stereocenters. The Kier molecular flexibility index (Phi) is 7.20. The highest BCUT2D eigenvalue weighted by atomic mass is 32.2. The molecule has 0 spiro atoms. The highest BCUT2D eigenvalue weighted by molar-refractivity contribution is 7.92. The number of alkyl carbamates (subject to hydrolysis) is 1. The standard InChI is InChI=1S/C22H34N6O4S/c1-14(2)24-21(29)32-17-9-7-15(11-17)18-12-20(28(26-18)22(3,4)5)25-19-10-8-16(13-23-19)27-33(6,30)31/h8,10,12-15,17,27H,7,9,11H2,1-6H3,(H,23,25)(H,24,29)/t15-,17+/m0/s1. The van der Waals surface area contributed by atoms with Gasteiger partial charge in [0.15, 0.2) is 0 Å². The summed E-state index contributed by atoms with van der Waals surface area (Å²) in [4.78, 5) is 16.3. The molecule has 3 N–H and O–H groups in total. The van der Waals surface area contributed by atoms with E-state index in [1.807, 2.05) is 24.6 Å². The van der Waals surface area contributed by atoms with E-state index in [-0.39, 0.29) is 29.7 Å². The maximum absolute atomic E-state index is 11.9. The van der Waals surface area contributed by atoms with E-state index in [1.54, 1.807) is 12.1 Å². The second kappa shape index (κ2) is 9.58. The number of carbonyl (C=O) groups excluding carboxylic acids is 1. The van der Waals surface area contributed by atoms with Crippen molar-refractivity contribution in [2.45, 2.75) is 77.5 Å². The third kappa shape index (κ3) is 7.08. The minimum Gasteiger partial charge on any atom is -0.446 e. The molecule has 1 amide bonds. The summed E-state index contributed by atoms with van der Waals surface area (Å²) >= 11 is 0. The number of nitrogens with one attached hydrogen (secondary N) is 3. The van der Waals surface area contributed by atoms with Crippen LogP contribution in [0.5, 0.6) is 0 Å². The van der Waals surface area contributed by atoms with E-state index in [2.05, 4.69) is 41.1 Å². The molecule has 3 rings (SSSR count). The number of aromatic nitrogens is 3. The van der Waals surface area contributed by atoms with Crippen molar-refractivity contribution < 1.29 is 17.9 Å². The molecule has 10 nitrogen and oxygen atoms in total. The predicted molar refractivity (Wildman–Crippen MR) is 128 cm³/mol. The fourth-order valence-electron chi connectivity index (χ4n) is 3.81. The second-order valence-corrected chi connectivity index (χ2v) is 11.6. The van der Waals surface area contributed by atoms with Crippen LogP contribution in [0.15, 0.2) is 24.4 Å². The lowest BCUT2D eigenvalue weighted by Gasteiger charge is -2.22. The molecular formula is C22H34N6O4S. The van der Waals surface area contributed by atoms with Gasteiger partial charge in [-0.25, -0.2) is 22.9 Å². The fraction of sp³-hybridized carbons (Fsp3) is 0.591. The number of nitrogens with zero attached hydrogens (tertiary/aromatic N) is 3. The maximum atomic E-state index is 11.9. The van der Waals surface area contributed by atoms with Crippen LogP contribution in [0.3, 0.4) is 0 Å². The molecule has 33 heavy (non-hydrogen) atoms. The summed E-state index contributed by atoms with van der Waals surface area (Å²) in [6, 6.07) is 5.41. The van der Waals surface area contributed by atoms with Gasteiger partial charge in [-0.2, -0.15) is 5.10 Å². The van der Waals surface area contributed by atoms with Crippen LogP contribution >= 0.6 is 0 Å². The zero-order chi connectivity index (χ0) is 24.4. The lowest BCUT2D eigenvalue weighted by molar-refractivity contribution is 0.0981.